The minimum atomic E-state index is -0.0338. The zero-order chi connectivity index (χ0) is 14.3. The summed E-state index contributed by atoms with van der Waals surface area (Å²) in [4.78, 5) is 0. The molecule has 0 saturated heterocycles. The highest BCUT2D eigenvalue weighted by molar-refractivity contribution is 6.35. The molecule has 0 bridgehead atoms. The van der Waals surface area contributed by atoms with Gasteiger partial charge in [-0.15, -0.1) is 12.4 Å². The molecule has 3 nitrogen and oxygen atoms in total. The molecule has 0 aromatic heterocycles. The smallest absolute Gasteiger partial charge is 0.138 e. The first-order valence-corrected chi connectivity index (χ1v) is 7.16. The van der Waals surface area contributed by atoms with E-state index in [4.69, 9.17) is 32.7 Å². The van der Waals surface area contributed by atoms with Gasteiger partial charge in [0.2, 0.25) is 0 Å². The van der Waals surface area contributed by atoms with Crippen molar-refractivity contribution in [3.05, 3.63) is 28.2 Å². The summed E-state index contributed by atoms with van der Waals surface area (Å²) < 4.78 is 11.5. The zero-order valence-corrected chi connectivity index (χ0v) is 14.3. The summed E-state index contributed by atoms with van der Waals surface area (Å²) in [5.41, 5.74) is 0. The maximum atomic E-state index is 6.10. The second-order valence-electron chi connectivity index (χ2n) is 4.59. The first-order chi connectivity index (χ1) is 9.02. The SMILES string of the molecule is CNCC[C@H](COC(C)C)Oc1ccc(Cl)cc1Cl.Cl. The number of rotatable bonds is 8. The molecule has 1 rings (SSSR count). The number of benzene rings is 1. The molecular formula is C14H22Cl3NO2. The van der Waals surface area contributed by atoms with Gasteiger partial charge in [0.1, 0.15) is 11.9 Å². The molecule has 0 fully saturated rings. The highest BCUT2D eigenvalue weighted by Crippen LogP contribution is 2.28. The van der Waals surface area contributed by atoms with Crippen LogP contribution in [0.4, 0.5) is 0 Å². The normalized spacial score (nSPS) is 12.1. The molecule has 0 radical (unpaired) electrons. The standard InChI is InChI=1S/C14H21Cl2NO2.ClH/c1-10(2)18-9-12(6-7-17-3)19-14-5-4-11(15)8-13(14)16;/h4-5,8,10,12,17H,6-7,9H2,1-3H3;1H/t12-;/m1./s1. The Morgan fingerprint density at radius 1 is 1.25 bits per heavy atom. The molecule has 0 unspecified atom stereocenters. The van der Waals surface area contributed by atoms with Gasteiger partial charge in [-0.05, 0) is 52.1 Å². The first kappa shape index (κ1) is 19.8. The number of hydrogen-bond acceptors (Lipinski definition) is 3. The Hall–Kier alpha value is -0.190. The van der Waals surface area contributed by atoms with E-state index in [0.29, 0.717) is 22.4 Å². The molecule has 1 atom stereocenters. The van der Waals surface area contributed by atoms with Crippen LogP contribution in [0.25, 0.3) is 0 Å². The van der Waals surface area contributed by atoms with Gasteiger partial charge in [0.05, 0.1) is 17.7 Å². The average Bonchev–Trinajstić information content (AvgIpc) is 2.35. The van der Waals surface area contributed by atoms with Crippen LogP contribution in [-0.2, 0) is 4.74 Å². The molecule has 0 aliphatic carbocycles. The van der Waals surface area contributed by atoms with Gasteiger partial charge in [-0.3, -0.25) is 0 Å². The van der Waals surface area contributed by atoms with Gasteiger partial charge in [0.25, 0.3) is 0 Å². The molecule has 0 aliphatic heterocycles. The summed E-state index contributed by atoms with van der Waals surface area (Å²) in [5, 5.41) is 4.23. The van der Waals surface area contributed by atoms with E-state index in [1.165, 1.54) is 0 Å². The molecule has 0 saturated carbocycles. The quantitative estimate of drug-likeness (QED) is 0.768. The number of nitrogens with one attached hydrogen (secondary N) is 1. The van der Waals surface area contributed by atoms with Gasteiger partial charge >= 0.3 is 0 Å². The molecule has 6 heteroatoms. The minimum Gasteiger partial charge on any atom is -0.486 e. The summed E-state index contributed by atoms with van der Waals surface area (Å²) in [5.74, 6) is 0.638. The molecule has 1 N–H and O–H groups in total. The Morgan fingerprint density at radius 3 is 2.50 bits per heavy atom. The zero-order valence-electron chi connectivity index (χ0n) is 12.0. The Labute approximate surface area is 137 Å². The summed E-state index contributed by atoms with van der Waals surface area (Å²) in [6, 6.07) is 5.23. The van der Waals surface area contributed by atoms with E-state index in [1.54, 1.807) is 18.2 Å². The fourth-order valence-corrected chi connectivity index (χ4v) is 1.98. The number of ether oxygens (including phenoxy) is 2. The topological polar surface area (TPSA) is 30.5 Å². The van der Waals surface area contributed by atoms with Crippen molar-refractivity contribution < 1.29 is 9.47 Å². The molecule has 1 aromatic rings. The van der Waals surface area contributed by atoms with E-state index in [0.717, 1.165) is 13.0 Å². The largest absolute Gasteiger partial charge is 0.486 e. The molecule has 0 spiro atoms. The first-order valence-electron chi connectivity index (χ1n) is 6.40. The molecule has 0 heterocycles. The molecule has 0 amide bonds. The van der Waals surface area contributed by atoms with Crippen LogP contribution in [-0.4, -0.2) is 32.4 Å². The number of hydrogen-bond donors (Lipinski definition) is 1. The van der Waals surface area contributed by atoms with Crippen LogP contribution in [0.5, 0.6) is 5.75 Å². The highest BCUT2D eigenvalue weighted by atomic mass is 35.5. The summed E-state index contributed by atoms with van der Waals surface area (Å²) in [6.45, 7) is 5.41. The Morgan fingerprint density at radius 2 is 1.95 bits per heavy atom. The maximum Gasteiger partial charge on any atom is 0.138 e. The lowest BCUT2D eigenvalue weighted by Gasteiger charge is -2.21. The molecule has 0 aliphatic rings. The average molecular weight is 343 g/mol. The van der Waals surface area contributed by atoms with E-state index >= 15 is 0 Å². The number of halogens is 3. The van der Waals surface area contributed by atoms with E-state index in [9.17, 15) is 0 Å². The van der Waals surface area contributed by atoms with Crippen LogP contribution in [0.3, 0.4) is 0 Å². The predicted octanol–water partition coefficient (Wildman–Crippen LogP) is 4.20. The summed E-state index contributed by atoms with van der Waals surface area (Å²) in [6.07, 6.45) is 0.997. The minimum absolute atomic E-state index is 0. The van der Waals surface area contributed by atoms with Crippen LogP contribution < -0.4 is 10.1 Å². The van der Waals surface area contributed by atoms with E-state index in [1.807, 2.05) is 20.9 Å². The Balaban J connectivity index is 0.00000361. The van der Waals surface area contributed by atoms with Crippen molar-refractivity contribution in [1.82, 2.24) is 5.32 Å². The third-order valence-electron chi connectivity index (χ3n) is 2.52. The summed E-state index contributed by atoms with van der Waals surface area (Å²) >= 11 is 12.0. The lowest BCUT2D eigenvalue weighted by molar-refractivity contribution is 0.0137. The third-order valence-corrected chi connectivity index (χ3v) is 3.05. The van der Waals surface area contributed by atoms with Crippen molar-refractivity contribution in [3.8, 4) is 5.75 Å². The Kier molecular flexibility index (Phi) is 10.4. The lowest BCUT2D eigenvalue weighted by Crippen LogP contribution is -2.28. The van der Waals surface area contributed by atoms with Crippen molar-refractivity contribution in [3.63, 3.8) is 0 Å². The molecule has 116 valence electrons. The van der Waals surface area contributed by atoms with Crippen molar-refractivity contribution >= 4 is 35.6 Å². The lowest BCUT2D eigenvalue weighted by atomic mass is 10.2. The van der Waals surface area contributed by atoms with Gasteiger partial charge in [-0.25, -0.2) is 0 Å². The molecular weight excluding hydrogens is 321 g/mol. The molecule has 1 aromatic carbocycles. The second kappa shape index (κ2) is 10.5. The van der Waals surface area contributed by atoms with E-state index in [2.05, 4.69) is 5.32 Å². The molecule has 20 heavy (non-hydrogen) atoms. The predicted molar refractivity (Wildman–Crippen MR) is 87.8 cm³/mol. The van der Waals surface area contributed by atoms with Gasteiger partial charge in [0.15, 0.2) is 0 Å². The van der Waals surface area contributed by atoms with Crippen LogP contribution >= 0.6 is 35.6 Å². The van der Waals surface area contributed by atoms with Gasteiger partial charge in [-0.1, -0.05) is 23.2 Å². The van der Waals surface area contributed by atoms with Gasteiger partial charge in [-0.2, -0.15) is 0 Å². The van der Waals surface area contributed by atoms with Crippen LogP contribution in [0, 0.1) is 0 Å². The fraction of sp³-hybridized carbons (Fsp3) is 0.571. The van der Waals surface area contributed by atoms with Crippen molar-refractivity contribution in [2.24, 2.45) is 0 Å². The van der Waals surface area contributed by atoms with Crippen LogP contribution in [0.15, 0.2) is 18.2 Å². The van der Waals surface area contributed by atoms with Crippen LogP contribution in [0.1, 0.15) is 20.3 Å². The van der Waals surface area contributed by atoms with E-state index < -0.39 is 0 Å². The van der Waals surface area contributed by atoms with Crippen molar-refractivity contribution in [1.29, 1.82) is 0 Å². The maximum absolute atomic E-state index is 6.10. The second-order valence-corrected chi connectivity index (χ2v) is 5.43. The summed E-state index contributed by atoms with van der Waals surface area (Å²) in [7, 11) is 1.91. The van der Waals surface area contributed by atoms with Crippen LogP contribution in [0.2, 0.25) is 10.0 Å². The van der Waals surface area contributed by atoms with Gasteiger partial charge in [0, 0.05) is 5.02 Å². The third kappa shape index (κ3) is 7.55. The monoisotopic (exact) mass is 341 g/mol. The fourth-order valence-electron chi connectivity index (χ4n) is 1.53. The van der Waals surface area contributed by atoms with Crippen molar-refractivity contribution in [2.75, 3.05) is 20.2 Å². The van der Waals surface area contributed by atoms with Gasteiger partial charge < -0.3 is 14.8 Å². The highest BCUT2D eigenvalue weighted by Gasteiger charge is 2.13. The van der Waals surface area contributed by atoms with Crippen molar-refractivity contribution in [2.45, 2.75) is 32.5 Å². The Bertz CT molecular complexity index is 389. The van der Waals surface area contributed by atoms with E-state index in [-0.39, 0.29) is 24.6 Å².